The number of halogens is 4. The summed E-state index contributed by atoms with van der Waals surface area (Å²) in [5.41, 5.74) is 6.81. The Morgan fingerprint density at radius 3 is 1.27 bits per heavy atom. The SMILES string of the molecule is Brc1ccc2c(c1)C1(c3cc(Br)ccc3O2)c2cc(Br)ccc2-c2ccc(Br)cc21. The largest absolute Gasteiger partial charge is 0.457 e. The molecule has 2 aliphatic rings. The number of fused-ring (bicyclic) bond motifs is 9. The average molecular weight is 648 g/mol. The molecule has 0 fully saturated rings. The second-order valence-electron chi connectivity index (χ2n) is 7.51. The van der Waals surface area contributed by atoms with Gasteiger partial charge in [0, 0.05) is 29.0 Å². The molecule has 0 atom stereocenters. The Morgan fingerprint density at radius 2 is 0.833 bits per heavy atom. The number of benzene rings is 4. The maximum Gasteiger partial charge on any atom is 0.132 e. The van der Waals surface area contributed by atoms with Gasteiger partial charge in [0.05, 0.1) is 5.41 Å². The van der Waals surface area contributed by atoms with Crippen molar-refractivity contribution in [1.29, 1.82) is 0 Å². The van der Waals surface area contributed by atoms with Crippen LogP contribution in [0.15, 0.2) is 90.7 Å². The first kappa shape index (κ1) is 19.3. The lowest BCUT2D eigenvalue weighted by Crippen LogP contribution is -2.32. The molecular weight excluding hydrogens is 636 g/mol. The quantitative estimate of drug-likeness (QED) is 0.160. The van der Waals surface area contributed by atoms with Crippen LogP contribution in [-0.4, -0.2) is 0 Å². The van der Waals surface area contributed by atoms with E-state index in [9.17, 15) is 0 Å². The van der Waals surface area contributed by atoms with Gasteiger partial charge < -0.3 is 4.74 Å². The fourth-order valence-electron chi connectivity index (χ4n) is 4.88. The van der Waals surface area contributed by atoms with Crippen LogP contribution < -0.4 is 4.74 Å². The van der Waals surface area contributed by atoms with E-state index in [1.54, 1.807) is 0 Å². The monoisotopic (exact) mass is 644 g/mol. The fraction of sp³-hybridized carbons (Fsp3) is 0.0400. The fourth-order valence-corrected chi connectivity index (χ4v) is 6.33. The van der Waals surface area contributed by atoms with Crippen molar-refractivity contribution < 1.29 is 4.74 Å². The Balaban J connectivity index is 1.87. The predicted molar refractivity (Wildman–Crippen MR) is 135 cm³/mol. The maximum absolute atomic E-state index is 6.40. The van der Waals surface area contributed by atoms with Crippen molar-refractivity contribution in [2.45, 2.75) is 5.41 Å². The minimum absolute atomic E-state index is 0.477. The highest BCUT2D eigenvalue weighted by Gasteiger charge is 2.51. The van der Waals surface area contributed by atoms with Crippen molar-refractivity contribution in [3.63, 3.8) is 0 Å². The van der Waals surface area contributed by atoms with E-state index < -0.39 is 5.41 Å². The third kappa shape index (κ3) is 2.56. The van der Waals surface area contributed by atoms with E-state index in [0.29, 0.717) is 0 Å². The summed E-state index contributed by atoms with van der Waals surface area (Å²) in [6.07, 6.45) is 0. The van der Waals surface area contributed by atoms with Crippen molar-refractivity contribution in [2.24, 2.45) is 0 Å². The molecule has 1 aliphatic heterocycles. The summed E-state index contributed by atoms with van der Waals surface area (Å²) in [5, 5.41) is 0. The zero-order chi connectivity index (χ0) is 20.6. The highest BCUT2D eigenvalue weighted by molar-refractivity contribution is 9.11. The normalized spacial score (nSPS) is 14.5. The molecule has 5 heteroatoms. The van der Waals surface area contributed by atoms with Gasteiger partial charge in [-0.3, -0.25) is 0 Å². The molecule has 0 radical (unpaired) electrons. The van der Waals surface area contributed by atoms with Crippen LogP contribution in [0.4, 0.5) is 0 Å². The predicted octanol–water partition coefficient (Wildman–Crippen LogP) is 9.21. The van der Waals surface area contributed by atoms with Crippen LogP contribution >= 0.6 is 63.7 Å². The van der Waals surface area contributed by atoms with Crippen molar-refractivity contribution in [3.05, 3.63) is 113 Å². The van der Waals surface area contributed by atoms with Crippen LogP contribution in [0.25, 0.3) is 11.1 Å². The second-order valence-corrected chi connectivity index (χ2v) is 11.2. The van der Waals surface area contributed by atoms with Gasteiger partial charge in [0.2, 0.25) is 0 Å². The first-order chi connectivity index (χ1) is 14.5. The van der Waals surface area contributed by atoms with Gasteiger partial charge in [0.15, 0.2) is 0 Å². The van der Waals surface area contributed by atoms with E-state index >= 15 is 0 Å². The van der Waals surface area contributed by atoms with Crippen LogP contribution in [0.1, 0.15) is 22.3 Å². The van der Waals surface area contributed by atoms with Gasteiger partial charge in [-0.15, -0.1) is 0 Å². The van der Waals surface area contributed by atoms with Crippen molar-refractivity contribution in [3.8, 4) is 22.6 Å². The van der Waals surface area contributed by atoms with Crippen LogP contribution in [0.3, 0.4) is 0 Å². The molecule has 0 amide bonds. The summed E-state index contributed by atoms with van der Waals surface area (Å²) in [6.45, 7) is 0. The first-order valence-corrected chi connectivity index (χ1v) is 12.5. The number of ether oxygens (including phenoxy) is 1. The maximum atomic E-state index is 6.40. The molecule has 1 aliphatic carbocycles. The summed E-state index contributed by atoms with van der Waals surface area (Å²) in [4.78, 5) is 0. The summed E-state index contributed by atoms with van der Waals surface area (Å²) < 4.78 is 10.6. The third-order valence-electron chi connectivity index (χ3n) is 5.97. The minimum atomic E-state index is -0.477. The Hall–Kier alpha value is -1.40. The van der Waals surface area contributed by atoms with E-state index in [0.717, 1.165) is 40.5 Å². The van der Waals surface area contributed by atoms with Gasteiger partial charge in [0.25, 0.3) is 0 Å². The van der Waals surface area contributed by atoms with Gasteiger partial charge in [-0.05, 0) is 82.9 Å². The van der Waals surface area contributed by atoms with E-state index in [1.165, 1.54) is 22.3 Å². The van der Waals surface area contributed by atoms with Crippen molar-refractivity contribution in [2.75, 3.05) is 0 Å². The first-order valence-electron chi connectivity index (χ1n) is 9.37. The number of rotatable bonds is 0. The molecule has 0 saturated carbocycles. The van der Waals surface area contributed by atoms with Crippen LogP contribution in [0.5, 0.6) is 11.5 Å². The lowest BCUT2D eigenvalue weighted by atomic mass is 9.66. The number of hydrogen-bond acceptors (Lipinski definition) is 1. The Morgan fingerprint density at radius 1 is 0.467 bits per heavy atom. The van der Waals surface area contributed by atoms with Crippen LogP contribution in [0, 0.1) is 0 Å². The molecule has 1 nitrogen and oxygen atoms in total. The lowest BCUT2D eigenvalue weighted by Gasteiger charge is -2.39. The zero-order valence-electron chi connectivity index (χ0n) is 15.3. The van der Waals surface area contributed by atoms with Crippen LogP contribution in [0.2, 0.25) is 0 Å². The van der Waals surface area contributed by atoms with Gasteiger partial charge in [-0.25, -0.2) is 0 Å². The zero-order valence-corrected chi connectivity index (χ0v) is 21.7. The highest BCUT2D eigenvalue weighted by Crippen LogP contribution is 2.63. The van der Waals surface area contributed by atoms with Crippen LogP contribution in [-0.2, 0) is 5.41 Å². The second kappa shape index (κ2) is 6.80. The van der Waals surface area contributed by atoms with E-state index in [1.807, 2.05) is 12.1 Å². The molecule has 0 N–H and O–H groups in total. The summed E-state index contributed by atoms with van der Waals surface area (Å²) in [5.74, 6) is 1.76. The van der Waals surface area contributed by atoms with Crippen molar-refractivity contribution >= 4 is 63.7 Å². The molecule has 4 aromatic rings. The molecule has 1 spiro atoms. The van der Waals surface area contributed by atoms with Crippen molar-refractivity contribution in [1.82, 2.24) is 0 Å². The molecule has 0 bridgehead atoms. The summed E-state index contributed by atoms with van der Waals surface area (Å²) in [6, 6.07) is 25.7. The molecule has 0 unspecified atom stereocenters. The molecule has 30 heavy (non-hydrogen) atoms. The van der Waals surface area contributed by atoms with Gasteiger partial charge >= 0.3 is 0 Å². The standard InChI is InChI=1S/C25H12Br4O/c26-13-1-5-17-18-6-2-14(27)10-20(18)25(19(17)9-13)21-11-15(28)3-7-23(21)30-24-8-4-16(29)12-22(24)25/h1-12H. The molecular formula is C25H12Br4O. The average Bonchev–Trinajstić information content (AvgIpc) is 2.99. The van der Waals surface area contributed by atoms with E-state index in [2.05, 4.69) is 124 Å². The molecule has 0 saturated heterocycles. The Bertz CT molecular complexity index is 1270. The smallest absolute Gasteiger partial charge is 0.132 e. The van der Waals surface area contributed by atoms with E-state index in [-0.39, 0.29) is 0 Å². The molecule has 146 valence electrons. The minimum Gasteiger partial charge on any atom is -0.457 e. The Kier molecular flexibility index (Phi) is 4.37. The van der Waals surface area contributed by atoms with Gasteiger partial charge in [-0.1, -0.05) is 75.9 Å². The molecule has 6 rings (SSSR count). The summed E-state index contributed by atoms with van der Waals surface area (Å²) >= 11 is 14.8. The summed E-state index contributed by atoms with van der Waals surface area (Å²) in [7, 11) is 0. The topological polar surface area (TPSA) is 9.23 Å². The third-order valence-corrected chi connectivity index (χ3v) is 7.95. The molecule has 4 aromatic carbocycles. The van der Waals surface area contributed by atoms with Gasteiger partial charge in [0.1, 0.15) is 11.5 Å². The van der Waals surface area contributed by atoms with E-state index in [4.69, 9.17) is 4.74 Å². The molecule has 0 aromatic heterocycles. The number of hydrogen-bond donors (Lipinski definition) is 0. The highest BCUT2D eigenvalue weighted by atomic mass is 79.9. The Labute approximate surface area is 208 Å². The lowest BCUT2D eigenvalue weighted by molar-refractivity contribution is 0.436. The van der Waals surface area contributed by atoms with Gasteiger partial charge in [-0.2, -0.15) is 0 Å². The molecule has 1 heterocycles.